The summed E-state index contributed by atoms with van der Waals surface area (Å²) in [6.07, 6.45) is 4.67. The number of imidazole rings is 1. The van der Waals surface area contributed by atoms with Gasteiger partial charge in [0.1, 0.15) is 17.7 Å². The molecule has 0 saturated heterocycles. The number of benzene rings is 1. The summed E-state index contributed by atoms with van der Waals surface area (Å²) >= 11 is 0. The van der Waals surface area contributed by atoms with E-state index in [-0.39, 0.29) is 11.7 Å². The van der Waals surface area contributed by atoms with Crippen molar-refractivity contribution in [3.63, 3.8) is 0 Å². The first-order valence-corrected chi connectivity index (χ1v) is 6.64. The zero-order valence-corrected chi connectivity index (χ0v) is 11.6. The highest BCUT2D eigenvalue weighted by atomic mass is 19.1. The van der Waals surface area contributed by atoms with Crippen LogP contribution in [0.1, 0.15) is 37.2 Å². The van der Waals surface area contributed by atoms with E-state index in [0.29, 0.717) is 17.8 Å². The van der Waals surface area contributed by atoms with Crippen molar-refractivity contribution in [2.75, 3.05) is 0 Å². The molecule has 1 aromatic heterocycles. The number of aryl methyl sites for hydroxylation is 1. The summed E-state index contributed by atoms with van der Waals surface area (Å²) < 4.78 is 15.2. The van der Waals surface area contributed by atoms with Gasteiger partial charge in [-0.25, -0.2) is 9.37 Å². The summed E-state index contributed by atoms with van der Waals surface area (Å²) in [4.78, 5) is 16.1. The minimum absolute atomic E-state index is 0.0650. The maximum atomic E-state index is 13.4. The lowest BCUT2D eigenvalue weighted by atomic mass is 10.1. The Morgan fingerprint density at radius 3 is 2.90 bits per heavy atom. The van der Waals surface area contributed by atoms with Crippen LogP contribution in [-0.4, -0.2) is 15.5 Å². The predicted octanol–water partition coefficient (Wildman–Crippen LogP) is 2.56. The first kappa shape index (κ1) is 14.2. The van der Waals surface area contributed by atoms with Gasteiger partial charge in [0.25, 0.3) is 0 Å². The summed E-state index contributed by atoms with van der Waals surface area (Å²) in [7, 11) is 1.85. The molecule has 0 aliphatic carbocycles. The van der Waals surface area contributed by atoms with E-state index in [1.807, 2.05) is 18.5 Å². The van der Waals surface area contributed by atoms with Crippen molar-refractivity contribution in [1.82, 2.24) is 14.9 Å². The average molecular weight is 275 g/mol. The van der Waals surface area contributed by atoms with E-state index in [1.165, 1.54) is 12.1 Å². The fraction of sp³-hybridized carbons (Fsp3) is 0.333. The molecule has 1 N–H and O–H groups in total. The number of hydrogen-bond acceptors (Lipinski definition) is 2. The quantitative estimate of drug-likeness (QED) is 0.911. The van der Waals surface area contributed by atoms with Gasteiger partial charge in [0.05, 0.1) is 0 Å². The normalized spacial score (nSPS) is 12.2. The smallest absolute Gasteiger partial charge is 0.220 e. The van der Waals surface area contributed by atoms with Gasteiger partial charge in [0.2, 0.25) is 5.91 Å². The molecular weight excluding hydrogens is 257 g/mol. The van der Waals surface area contributed by atoms with Crippen molar-refractivity contribution in [1.29, 1.82) is 0 Å². The Morgan fingerprint density at radius 2 is 2.30 bits per heavy atom. The molecule has 106 valence electrons. The molecule has 0 spiro atoms. The number of hydrogen-bond donors (Lipinski definition) is 1. The molecule has 0 bridgehead atoms. The van der Waals surface area contributed by atoms with Gasteiger partial charge in [0, 0.05) is 25.9 Å². The van der Waals surface area contributed by atoms with E-state index >= 15 is 0 Å². The van der Waals surface area contributed by atoms with Crippen molar-refractivity contribution in [2.24, 2.45) is 7.05 Å². The highest BCUT2D eigenvalue weighted by Gasteiger charge is 2.20. The fourth-order valence-electron chi connectivity index (χ4n) is 2.10. The number of rotatable bonds is 5. The van der Waals surface area contributed by atoms with Gasteiger partial charge in [-0.15, -0.1) is 0 Å². The molecule has 2 rings (SSSR count). The van der Waals surface area contributed by atoms with Gasteiger partial charge in [0.15, 0.2) is 0 Å². The highest BCUT2D eigenvalue weighted by Crippen LogP contribution is 2.21. The number of amides is 1. The Labute approximate surface area is 117 Å². The molecule has 2 aromatic rings. The molecular formula is C15H18FN3O. The predicted molar refractivity (Wildman–Crippen MR) is 74.5 cm³/mol. The SMILES string of the molecule is CCCC(=O)NC(c1cccc(F)c1)c1nccn1C. The third kappa shape index (κ3) is 3.23. The summed E-state index contributed by atoms with van der Waals surface area (Å²) in [6.45, 7) is 1.94. The largest absolute Gasteiger partial charge is 0.342 e. The van der Waals surface area contributed by atoms with Crippen LogP contribution >= 0.6 is 0 Å². The van der Waals surface area contributed by atoms with Crippen LogP contribution in [0, 0.1) is 5.82 Å². The second kappa shape index (κ2) is 6.32. The molecule has 5 heteroatoms. The average Bonchev–Trinajstić information content (AvgIpc) is 2.82. The van der Waals surface area contributed by atoms with E-state index in [9.17, 15) is 9.18 Å². The summed E-state index contributed by atoms with van der Waals surface area (Å²) in [5, 5.41) is 2.92. The van der Waals surface area contributed by atoms with Crippen LogP contribution in [0.4, 0.5) is 4.39 Å². The van der Waals surface area contributed by atoms with Gasteiger partial charge in [-0.2, -0.15) is 0 Å². The number of aromatic nitrogens is 2. The lowest BCUT2D eigenvalue weighted by Crippen LogP contribution is -2.30. The first-order valence-electron chi connectivity index (χ1n) is 6.64. The molecule has 4 nitrogen and oxygen atoms in total. The van der Waals surface area contributed by atoms with Gasteiger partial charge in [-0.1, -0.05) is 19.1 Å². The molecule has 0 aliphatic heterocycles. The Morgan fingerprint density at radius 1 is 1.50 bits per heavy atom. The number of carbonyl (C=O) groups is 1. The molecule has 0 radical (unpaired) electrons. The van der Waals surface area contributed by atoms with Gasteiger partial charge in [-0.3, -0.25) is 4.79 Å². The van der Waals surface area contributed by atoms with Crippen LogP contribution in [0.25, 0.3) is 0 Å². The lowest BCUT2D eigenvalue weighted by molar-refractivity contribution is -0.121. The third-order valence-electron chi connectivity index (χ3n) is 3.08. The molecule has 1 unspecified atom stereocenters. The number of nitrogens with one attached hydrogen (secondary N) is 1. The number of nitrogens with zero attached hydrogens (tertiary/aromatic N) is 2. The minimum atomic E-state index is -0.440. The summed E-state index contributed by atoms with van der Waals surface area (Å²) in [5.74, 6) is 0.288. The van der Waals surface area contributed by atoms with Crippen molar-refractivity contribution in [3.05, 3.63) is 53.9 Å². The number of halogens is 1. The van der Waals surface area contributed by atoms with Gasteiger partial charge in [-0.05, 0) is 24.1 Å². The topological polar surface area (TPSA) is 46.9 Å². The molecule has 20 heavy (non-hydrogen) atoms. The van der Waals surface area contributed by atoms with E-state index in [0.717, 1.165) is 6.42 Å². The second-order valence-electron chi connectivity index (χ2n) is 4.70. The molecule has 1 heterocycles. The molecule has 1 amide bonds. The standard InChI is InChI=1S/C15H18FN3O/c1-3-5-13(20)18-14(15-17-8-9-19(15)2)11-6-4-7-12(16)10-11/h4,6-10,14H,3,5H2,1-2H3,(H,18,20). The highest BCUT2D eigenvalue weighted by molar-refractivity contribution is 5.76. The number of carbonyl (C=O) groups excluding carboxylic acids is 1. The first-order chi connectivity index (χ1) is 9.61. The van der Waals surface area contributed by atoms with Crippen molar-refractivity contribution < 1.29 is 9.18 Å². The van der Waals surface area contributed by atoms with Crippen LogP contribution in [-0.2, 0) is 11.8 Å². The minimum Gasteiger partial charge on any atom is -0.342 e. The van der Waals surface area contributed by atoms with Crippen LogP contribution in [0.3, 0.4) is 0 Å². The third-order valence-corrected chi connectivity index (χ3v) is 3.08. The van der Waals surface area contributed by atoms with Gasteiger partial charge >= 0.3 is 0 Å². The monoisotopic (exact) mass is 275 g/mol. The molecule has 0 saturated carbocycles. The van der Waals surface area contributed by atoms with E-state index in [4.69, 9.17) is 0 Å². The Hall–Kier alpha value is -2.17. The molecule has 1 atom stereocenters. The Balaban J connectivity index is 2.34. The van der Waals surface area contributed by atoms with E-state index in [2.05, 4.69) is 10.3 Å². The molecule has 1 aromatic carbocycles. The van der Waals surface area contributed by atoms with Crippen LogP contribution in [0.15, 0.2) is 36.7 Å². The fourth-order valence-corrected chi connectivity index (χ4v) is 2.10. The maximum absolute atomic E-state index is 13.4. The zero-order valence-electron chi connectivity index (χ0n) is 11.6. The van der Waals surface area contributed by atoms with Gasteiger partial charge < -0.3 is 9.88 Å². The van der Waals surface area contributed by atoms with Crippen LogP contribution in [0.2, 0.25) is 0 Å². The van der Waals surface area contributed by atoms with Crippen LogP contribution in [0.5, 0.6) is 0 Å². The van der Waals surface area contributed by atoms with Crippen LogP contribution < -0.4 is 5.32 Å². The Bertz CT molecular complexity index is 594. The lowest BCUT2D eigenvalue weighted by Gasteiger charge is -2.19. The summed E-state index contributed by atoms with van der Waals surface area (Å²) in [6, 6.07) is 5.78. The Kier molecular flexibility index (Phi) is 4.50. The van der Waals surface area contributed by atoms with Crippen molar-refractivity contribution in [2.45, 2.75) is 25.8 Å². The second-order valence-corrected chi connectivity index (χ2v) is 4.70. The molecule has 0 aliphatic rings. The van der Waals surface area contributed by atoms with Crippen molar-refractivity contribution in [3.8, 4) is 0 Å². The van der Waals surface area contributed by atoms with Crippen molar-refractivity contribution >= 4 is 5.91 Å². The summed E-state index contributed by atoms with van der Waals surface area (Å²) in [5.41, 5.74) is 0.684. The maximum Gasteiger partial charge on any atom is 0.220 e. The molecule has 0 fully saturated rings. The van der Waals surface area contributed by atoms with E-state index in [1.54, 1.807) is 24.5 Å². The van der Waals surface area contributed by atoms with E-state index < -0.39 is 6.04 Å². The zero-order chi connectivity index (χ0) is 14.5.